The van der Waals surface area contributed by atoms with Gasteiger partial charge in [-0.3, -0.25) is 0 Å². The van der Waals surface area contributed by atoms with Gasteiger partial charge in [-0.15, -0.1) is 0 Å². The molecule has 0 rings (SSSR count). The molecule has 0 saturated heterocycles. The maximum absolute atomic E-state index is 13.5. The van der Waals surface area contributed by atoms with Gasteiger partial charge in [-0.1, -0.05) is 0 Å². The lowest BCUT2D eigenvalue weighted by molar-refractivity contribution is -0.423. The van der Waals surface area contributed by atoms with Crippen molar-refractivity contribution in [3.63, 3.8) is 0 Å². The molecule has 2 unspecified atom stereocenters. The molecular weight excluding hydrogens is 736 g/mol. The van der Waals surface area contributed by atoms with Crippen molar-refractivity contribution in [1.82, 2.24) is 0 Å². The van der Waals surface area contributed by atoms with E-state index in [1.165, 1.54) is 0 Å². The van der Waals surface area contributed by atoms with E-state index >= 15 is 0 Å². The normalized spacial score (nSPS) is 16.8. The third-order valence-electron chi connectivity index (χ3n) is 4.78. The molecule has 0 spiro atoms. The van der Waals surface area contributed by atoms with Crippen LogP contribution in [-0.4, -0.2) is 84.4 Å². The zero-order valence-electron chi connectivity index (χ0n) is 20.4. The van der Waals surface area contributed by atoms with Gasteiger partial charge in [0.15, 0.2) is 12.3 Å². The quantitative estimate of drug-likeness (QED) is 0.102. The van der Waals surface area contributed by atoms with Crippen LogP contribution in [0.4, 0.5) is 105 Å². The topological polar surface area (TPSA) is 52.6 Å². The van der Waals surface area contributed by atoms with E-state index in [1.807, 2.05) is 0 Å². The average Bonchev–Trinajstić information content (AvgIpc) is 2.79. The third-order valence-corrected chi connectivity index (χ3v) is 4.78. The fourth-order valence-corrected chi connectivity index (χ4v) is 2.43. The van der Waals surface area contributed by atoms with Crippen molar-refractivity contribution in [1.29, 1.82) is 0 Å². The van der Waals surface area contributed by atoms with E-state index in [-0.39, 0.29) is 0 Å². The van der Waals surface area contributed by atoms with Crippen LogP contribution in [0.5, 0.6) is 0 Å². The van der Waals surface area contributed by atoms with Crippen molar-refractivity contribution in [3.8, 4) is 0 Å². The number of hydrogen-bond acceptors (Lipinski definition) is 4. The van der Waals surface area contributed by atoms with Gasteiger partial charge < -0.3 is 9.47 Å². The minimum Gasteiger partial charge on any atom is -0.393 e. The standard InChI is InChI=1S/C18H8F24O4/c19-5(3-9(21,22)23)11(27,28)13(31,32)15(35,36)17(39,40)45-7(43)1-2-8(44)46-18(41,42)16(37,38)14(33,34)12(29,30)6(20)4-10(24,25)26/h1-2,5-6H,3-4H2/b2-1+. The molecule has 272 valence electrons. The van der Waals surface area contributed by atoms with Crippen LogP contribution in [0.3, 0.4) is 0 Å². The smallest absolute Gasteiger partial charge is 0.393 e. The van der Waals surface area contributed by atoms with Crippen molar-refractivity contribution in [2.45, 2.75) is 85.3 Å². The minimum absolute atomic E-state index is 1.34. The summed E-state index contributed by atoms with van der Waals surface area (Å²) < 4.78 is 317. The number of carbonyl (C=O) groups is 2. The summed E-state index contributed by atoms with van der Waals surface area (Å²) in [5.41, 5.74) is 0. The summed E-state index contributed by atoms with van der Waals surface area (Å²) in [7, 11) is 0. The van der Waals surface area contributed by atoms with Crippen LogP contribution in [0.2, 0.25) is 0 Å². The maximum atomic E-state index is 13.5. The van der Waals surface area contributed by atoms with Gasteiger partial charge in [-0.05, 0) is 0 Å². The van der Waals surface area contributed by atoms with E-state index in [2.05, 4.69) is 9.47 Å². The number of hydrogen-bond donors (Lipinski definition) is 0. The number of rotatable bonds is 14. The highest BCUT2D eigenvalue weighted by molar-refractivity contribution is 5.91. The lowest BCUT2D eigenvalue weighted by atomic mass is 9.97. The Labute approximate surface area is 235 Å². The Morgan fingerprint density at radius 3 is 0.848 bits per heavy atom. The SMILES string of the molecule is O=C(/C=C/C(=O)OC(F)(F)C(F)(F)C(F)(F)C(F)(F)C(F)CC(F)(F)F)OC(F)(F)C(F)(F)C(F)(F)C(F)(F)C(F)CC(F)(F)F. The van der Waals surface area contributed by atoms with E-state index in [0.717, 1.165) is 0 Å². The molecule has 0 aliphatic rings. The first-order valence-corrected chi connectivity index (χ1v) is 10.3. The molecule has 0 amide bonds. The molecule has 0 aliphatic carbocycles. The summed E-state index contributed by atoms with van der Waals surface area (Å²) in [6.45, 7) is 0. The van der Waals surface area contributed by atoms with Crippen LogP contribution in [0.25, 0.3) is 0 Å². The second-order valence-corrected chi connectivity index (χ2v) is 8.33. The van der Waals surface area contributed by atoms with Crippen molar-refractivity contribution in [3.05, 3.63) is 12.2 Å². The summed E-state index contributed by atoms with van der Waals surface area (Å²) in [5, 5.41) is 0. The number of halogens is 24. The fourth-order valence-electron chi connectivity index (χ4n) is 2.43. The van der Waals surface area contributed by atoms with Crippen molar-refractivity contribution in [2.75, 3.05) is 0 Å². The van der Waals surface area contributed by atoms with Crippen LogP contribution in [0.1, 0.15) is 12.8 Å². The molecule has 0 aromatic heterocycles. The monoisotopic (exact) mass is 744 g/mol. The van der Waals surface area contributed by atoms with Gasteiger partial charge in [-0.25, -0.2) is 18.4 Å². The van der Waals surface area contributed by atoms with E-state index in [1.54, 1.807) is 0 Å². The summed E-state index contributed by atoms with van der Waals surface area (Å²) in [4.78, 5) is 22.2. The number of esters is 2. The highest BCUT2D eigenvalue weighted by atomic mass is 19.4. The van der Waals surface area contributed by atoms with Crippen LogP contribution in [0, 0.1) is 0 Å². The maximum Gasteiger partial charge on any atom is 0.473 e. The molecule has 46 heavy (non-hydrogen) atoms. The Morgan fingerprint density at radius 2 is 0.652 bits per heavy atom. The van der Waals surface area contributed by atoms with Gasteiger partial charge in [0.2, 0.25) is 0 Å². The lowest BCUT2D eigenvalue weighted by Crippen LogP contribution is -2.66. The molecule has 0 aromatic carbocycles. The molecule has 2 atom stereocenters. The Kier molecular flexibility index (Phi) is 11.7. The predicted octanol–water partition coefficient (Wildman–Crippen LogP) is 8.21. The predicted molar refractivity (Wildman–Crippen MR) is 92.0 cm³/mol. The van der Waals surface area contributed by atoms with E-state index < -0.39 is 109 Å². The summed E-state index contributed by atoms with van der Waals surface area (Å²) in [6.07, 6.45) is -47.7. The van der Waals surface area contributed by atoms with E-state index in [0.29, 0.717) is 0 Å². The van der Waals surface area contributed by atoms with Gasteiger partial charge in [0.1, 0.15) is 0 Å². The molecule has 0 saturated carbocycles. The zero-order chi connectivity index (χ0) is 37.6. The van der Waals surface area contributed by atoms with Gasteiger partial charge in [0, 0.05) is 12.2 Å². The van der Waals surface area contributed by atoms with Crippen LogP contribution >= 0.6 is 0 Å². The molecule has 0 fully saturated rings. The van der Waals surface area contributed by atoms with Gasteiger partial charge in [0.25, 0.3) is 0 Å². The van der Waals surface area contributed by atoms with Crippen LogP contribution < -0.4 is 0 Å². The molecule has 0 bridgehead atoms. The van der Waals surface area contributed by atoms with E-state index in [4.69, 9.17) is 0 Å². The fraction of sp³-hybridized carbons (Fsp3) is 0.778. The van der Waals surface area contributed by atoms with Gasteiger partial charge in [0.05, 0.1) is 12.8 Å². The first kappa shape index (κ1) is 43.0. The molecule has 0 N–H and O–H groups in total. The first-order chi connectivity index (χ1) is 19.8. The summed E-state index contributed by atoms with van der Waals surface area (Å²) in [6, 6.07) is 0. The van der Waals surface area contributed by atoms with E-state index in [9.17, 15) is 115 Å². The van der Waals surface area contributed by atoms with Gasteiger partial charge in [-0.2, -0.15) is 96.6 Å². The second-order valence-electron chi connectivity index (χ2n) is 8.33. The number of alkyl halides is 24. The molecule has 28 heteroatoms. The molecule has 0 radical (unpaired) electrons. The number of carbonyl (C=O) groups excluding carboxylic acids is 2. The molecule has 0 heterocycles. The molecule has 0 aliphatic heterocycles. The Bertz CT molecular complexity index is 1030. The Balaban J connectivity index is 6.00. The minimum atomic E-state index is -7.89. The first-order valence-electron chi connectivity index (χ1n) is 10.3. The van der Waals surface area contributed by atoms with Crippen molar-refractivity contribution in [2.24, 2.45) is 0 Å². The zero-order valence-corrected chi connectivity index (χ0v) is 20.4. The number of ether oxygens (including phenoxy) is 2. The third kappa shape index (κ3) is 8.47. The van der Waals surface area contributed by atoms with Crippen molar-refractivity contribution < 1.29 is 124 Å². The highest BCUT2D eigenvalue weighted by Gasteiger charge is 2.86. The summed E-state index contributed by atoms with van der Waals surface area (Å²) in [5.74, 6) is -53.2. The summed E-state index contributed by atoms with van der Waals surface area (Å²) >= 11 is 0. The Morgan fingerprint density at radius 1 is 0.435 bits per heavy atom. The van der Waals surface area contributed by atoms with Crippen LogP contribution in [0.15, 0.2) is 12.2 Å². The van der Waals surface area contributed by atoms with Crippen LogP contribution in [-0.2, 0) is 19.1 Å². The second kappa shape index (κ2) is 12.6. The largest absolute Gasteiger partial charge is 0.473 e. The highest BCUT2D eigenvalue weighted by Crippen LogP contribution is 2.57. The molecular formula is C18H8F24O4. The average molecular weight is 744 g/mol. The Hall–Kier alpha value is -3.00. The molecule has 0 aromatic rings. The van der Waals surface area contributed by atoms with Crippen molar-refractivity contribution >= 4 is 11.9 Å². The lowest BCUT2D eigenvalue weighted by Gasteiger charge is -2.37. The molecule has 4 nitrogen and oxygen atoms in total. The van der Waals surface area contributed by atoms with Gasteiger partial charge >= 0.3 is 72.0 Å².